The van der Waals surface area contributed by atoms with E-state index in [1.807, 2.05) is 61.5 Å². The molecule has 1 N–H and O–H groups in total. The van der Waals surface area contributed by atoms with Crippen LogP contribution in [0.25, 0.3) is 21.9 Å². The fourth-order valence-electron chi connectivity index (χ4n) is 3.66. The number of amides is 1. The minimum atomic E-state index is -3.58. The zero-order valence-electron chi connectivity index (χ0n) is 17.9. The standard InChI is InChI=1S/C23H24N4O4S/c1-16(12-13-24-23(28)31-15-17-8-4-3-5-9-17)27-21-18-10-6-7-11-19(18)25-14-20(21)26-22(27)32(2,29)30/h3-11,14,16H,12-13,15H2,1-2H3,(H,24,28)/t16-/m1/s1. The van der Waals surface area contributed by atoms with E-state index in [-0.39, 0.29) is 17.8 Å². The Morgan fingerprint density at radius 2 is 1.81 bits per heavy atom. The number of para-hydroxylation sites is 1. The lowest BCUT2D eigenvalue weighted by Crippen LogP contribution is -2.27. The quantitative estimate of drug-likeness (QED) is 0.457. The Kier molecular flexibility index (Phi) is 6.09. The molecule has 32 heavy (non-hydrogen) atoms. The number of fused-ring (bicyclic) bond motifs is 3. The van der Waals surface area contributed by atoms with E-state index in [4.69, 9.17) is 4.74 Å². The number of rotatable bonds is 7. The third kappa shape index (κ3) is 4.57. The van der Waals surface area contributed by atoms with Gasteiger partial charge in [0, 0.05) is 24.2 Å². The molecule has 0 bridgehead atoms. The first kappa shape index (κ1) is 21.8. The fraction of sp³-hybridized carbons (Fsp3) is 0.261. The van der Waals surface area contributed by atoms with Crippen LogP contribution in [0.4, 0.5) is 4.79 Å². The zero-order chi connectivity index (χ0) is 22.7. The molecule has 0 aliphatic rings. The molecule has 0 unspecified atom stereocenters. The molecule has 4 aromatic rings. The van der Waals surface area contributed by atoms with E-state index >= 15 is 0 Å². The minimum absolute atomic E-state index is 0.00944. The Morgan fingerprint density at radius 1 is 1.09 bits per heavy atom. The number of carbonyl (C=O) groups excluding carboxylic acids is 1. The number of carbonyl (C=O) groups is 1. The third-order valence-corrected chi connectivity index (χ3v) is 6.16. The van der Waals surface area contributed by atoms with Crippen molar-refractivity contribution in [3.8, 4) is 0 Å². The number of benzene rings is 2. The van der Waals surface area contributed by atoms with Crippen molar-refractivity contribution in [2.75, 3.05) is 12.8 Å². The number of alkyl carbamates (subject to hydrolysis) is 1. The second kappa shape index (κ2) is 8.96. The van der Waals surface area contributed by atoms with E-state index in [1.165, 1.54) is 0 Å². The molecule has 8 nitrogen and oxygen atoms in total. The summed E-state index contributed by atoms with van der Waals surface area (Å²) >= 11 is 0. The van der Waals surface area contributed by atoms with Gasteiger partial charge in [-0.15, -0.1) is 0 Å². The number of pyridine rings is 1. The molecule has 1 amide bonds. The number of hydrogen-bond donors (Lipinski definition) is 1. The van der Waals surface area contributed by atoms with Gasteiger partial charge in [0.15, 0.2) is 0 Å². The van der Waals surface area contributed by atoms with Crippen LogP contribution in [0.2, 0.25) is 0 Å². The number of hydrogen-bond acceptors (Lipinski definition) is 6. The largest absolute Gasteiger partial charge is 0.445 e. The van der Waals surface area contributed by atoms with Gasteiger partial charge in [-0.1, -0.05) is 48.5 Å². The van der Waals surface area contributed by atoms with Gasteiger partial charge in [-0.2, -0.15) is 0 Å². The van der Waals surface area contributed by atoms with Crippen LogP contribution in [0.5, 0.6) is 0 Å². The van der Waals surface area contributed by atoms with Crippen molar-refractivity contribution in [2.45, 2.75) is 31.1 Å². The Balaban J connectivity index is 1.53. The number of imidazole rings is 1. The molecule has 4 rings (SSSR count). The van der Waals surface area contributed by atoms with Crippen LogP contribution in [0.1, 0.15) is 24.9 Å². The first-order valence-corrected chi connectivity index (χ1v) is 12.1. The van der Waals surface area contributed by atoms with E-state index in [2.05, 4.69) is 15.3 Å². The predicted molar refractivity (Wildman–Crippen MR) is 122 cm³/mol. The highest BCUT2D eigenvalue weighted by molar-refractivity contribution is 7.90. The van der Waals surface area contributed by atoms with Crippen LogP contribution < -0.4 is 5.32 Å². The van der Waals surface area contributed by atoms with Crippen molar-refractivity contribution in [3.63, 3.8) is 0 Å². The van der Waals surface area contributed by atoms with E-state index < -0.39 is 15.9 Å². The topological polar surface area (TPSA) is 103 Å². The van der Waals surface area contributed by atoms with E-state index in [0.29, 0.717) is 18.5 Å². The highest BCUT2D eigenvalue weighted by atomic mass is 32.2. The van der Waals surface area contributed by atoms with Crippen LogP contribution in [0, 0.1) is 0 Å². The van der Waals surface area contributed by atoms with Gasteiger partial charge >= 0.3 is 6.09 Å². The van der Waals surface area contributed by atoms with Crippen molar-refractivity contribution in [1.82, 2.24) is 19.9 Å². The molecule has 166 valence electrons. The maximum atomic E-state index is 12.5. The number of sulfone groups is 1. The lowest BCUT2D eigenvalue weighted by Gasteiger charge is -2.18. The summed E-state index contributed by atoms with van der Waals surface area (Å²) in [5, 5.41) is 3.55. The third-order valence-electron chi connectivity index (χ3n) is 5.21. The second-order valence-corrected chi connectivity index (χ2v) is 9.58. The molecule has 0 radical (unpaired) electrons. The number of nitrogens with zero attached hydrogens (tertiary/aromatic N) is 3. The molecule has 0 fully saturated rings. The Morgan fingerprint density at radius 3 is 2.56 bits per heavy atom. The molecule has 0 saturated carbocycles. The Labute approximate surface area is 186 Å². The van der Waals surface area contributed by atoms with Crippen molar-refractivity contribution >= 4 is 37.9 Å². The number of aromatic nitrogens is 3. The molecule has 0 aliphatic heterocycles. The molecule has 2 aromatic heterocycles. The molecule has 1 atom stereocenters. The summed E-state index contributed by atoms with van der Waals surface area (Å²) in [7, 11) is -3.58. The summed E-state index contributed by atoms with van der Waals surface area (Å²) < 4.78 is 31.9. The molecular weight excluding hydrogens is 428 g/mol. The van der Waals surface area contributed by atoms with Crippen molar-refractivity contribution in [2.24, 2.45) is 0 Å². The van der Waals surface area contributed by atoms with Gasteiger partial charge in [0.25, 0.3) is 0 Å². The average molecular weight is 453 g/mol. The van der Waals surface area contributed by atoms with Gasteiger partial charge in [-0.05, 0) is 25.0 Å². The van der Waals surface area contributed by atoms with Crippen molar-refractivity contribution < 1.29 is 17.9 Å². The summed E-state index contributed by atoms with van der Waals surface area (Å²) in [5.74, 6) is 0. The van der Waals surface area contributed by atoms with Gasteiger partial charge in [0.2, 0.25) is 15.0 Å². The summed E-state index contributed by atoms with van der Waals surface area (Å²) in [6.45, 7) is 2.41. The SMILES string of the molecule is C[C@H](CCNC(=O)OCc1ccccc1)n1c(S(C)(=O)=O)nc2cnc3ccccc3c21. The van der Waals surface area contributed by atoms with Gasteiger partial charge < -0.3 is 14.6 Å². The lowest BCUT2D eigenvalue weighted by atomic mass is 10.1. The summed E-state index contributed by atoms with van der Waals surface area (Å²) in [6.07, 6.45) is 2.71. The van der Waals surface area contributed by atoms with Crippen LogP contribution in [0.3, 0.4) is 0 Å². The van der Waals surface area contributed by atoms with Crippen LogP contribution in [-0.4, -0.2) is 41.8 Å². The van der Waals surface area contributed by atoms with Gasteiger partial charge in [-0.3, -0.25) is 4.98 Å². The zero-order valence-corrected chi connectivity index (χ0v) is 18.7. The molecular formula is C23H24N4O4S. The first-order valence-electron chi connectivity index (χ1n) is 10.2. The van der Waals surface area contributed by atoms with Crippen molar-refractivity contribution in [3.05, 3.63) is 66.4 Å². The fourth-order valence-corrected chi connectivity index (χ4v) is 4.55. The Bertz CT molecular complexity index is 1370. The smallest absolute Gasteiger partial charge is 0.407 e. The summed E-state index contributed by atoms with van der Waals surface area (Å²) in [5.41, 5.74) is 2.90. The molecule has 0 spiro atoms. The highest BCUT2D eigenvalue weighted by Gasteiger charge is 2.24. The van der Waals surface area contributed by atoms with Gasteiger partial charge in [0.05, 0.1) is 17.2 Å². The maximum absolute atomic E-state index is 12.5. The average Bonchev–Trinajstić information content (AvgIpc) is 3.19. The lowest BCUT2D eigenvalue weighted by molar-refractivity contribution is 0.139. The minimum Gasteiger partial charge on any atom is -0.445 e. The molecule has 9 heteroatoms. The second-order valence-electron chi connectivity index (χ2n) is 7.67. The molecule has 0 saturated heterocycles. The summed E-state index contributed by atoms with van der Waals surface area (Å²) in [6, 6.07) is 16.7. The summed E-state index contributed by atoms with van der Waals surface area (Å²) in [4.78, 5) is 20.8. The number of ether oxygens (including phenoxy) is 1. The van der Waals surface area contributed by atoms with Crippen molar-refractivity contribution in [1.29, 1.82) is 0 Å². The van der Waals surface area contributed by atoms with Crippen LogP contribution in [-0.2, 0) is 21.2 Å². The molecule has 0 aliphatic carbocycles. The van der Waals surface area contributed by atoms with Crippen LogP contribution >= 0.6 is 0 Å². The van der Waals surface area contributed by atoms with Gasteiger partial charge in [0.1, 0.15) is 12.1 Å². The highest BCUT2D eigenvalue weighted by Crippen LogP contribution is 2.30. The predicted octanol–water partition coefficient (Wildman–Crippen LogP) is 3.87. The van der Waals surface area contributed by atoms with E-state index in [1.54, 1.807) is 10.8 Å². The maximum Gasteiger partial charge on any atom is 0.407 e. The number of nitrogens with one attached hydrogen (secondary N) is 1. The monoisotopic (exact) mass is 452 g/mol. The normalized spacial score (nSPS) is 12.7. The Hall–Kier alpha value is -3.46. The molecule has 2 aromatic carbocycles. The van der Waals surface area contributed by atoms with Crippen LogP contribution in [0.15, 0.2) is 66.0 Å². The van der Waals surface area contributed by atoms with Gasteiger partial charge in [-0.25, -0.2) is 18.2 Å². The van der Waals surface area contributed by atoms with E-state index in [0.717, 1.165) is 28.2 Å². The molecule has 2 heterocycles. The first-order chi connectivity index (χ1) is 15.3. The van der Waals surface area contributed by atoms with E-state index in [9.17, 15) is 13.2 Å².